The number of H-pyrrole nitrogens is 1. The van der Waals surface area contributed by atoms with Crippen molar-refractivity contribution < 1.29 is 8.42 Å². The largest absolute Gasteiger partial charge is 0.398 e. The molecule has 0 bridgehead atoms. The number of hydrogen-bond acceptors (Lipinski definition) is 4. The first kappa shape index (κ1) is 16.0. The summed E-state index contributed by atoms with van der Waals surface area (Å²) >= 11 is 3.29. The lowest BCUT2D eigenvalue weighted by atomic mass is 10.2. The minimum absolute atomic E-state index is 0.174. The van der Waals surface area contributed by atoms with Gasteiger partial charge in [-0.3, -0.25) is 0 Å². The summed E-state index contributed by atoms with van der Waals surface area (Å²) in [6, 6.07) is 2.74. The van der Waals surface area contributed by atoms with Gasteiger partial charge in [0, 0.05) is 22.6 Å². The Morgan fingerprint density at radius 1 is 1.48 bits per heavy atom. The van der Waals surface area contributed by atoms with E-state index in [9.17, 15) is 8.42 Å². The van der Waals surface area contributed by atoms with Gasteiger partial charge in [0.25, 0.3) is 0 Å². The third-order valence-electron chi connectivity index (χ3n) is 3.14. The van der Waals surface area contributed by atoms with Gasteiger partial charge in [-0.05, 0) is 47.0 Å². The molecule has 4 N–H and O–H groups in total. The second-order valence-corrected chi connectivity index (χ2v) is 7.23. The van der Waals surface area contributed by atoms with Crippen LogP contribution in [-0.2, 0) is 10.0 Å². The number of nitrogens with two attached hydrogens (primary N) is 1. The number of halogens is 1. The van der Waals surface area contributed by atoms with Crippen molar-refractivity contribution in [3.05, 3.63) is 40.4 Å². The number of nitrogens with zero attached hydrogens (tertiary/aromatic N) is 1. The molecule has 8 heteroatoms. The normalized spacial score (nSPS) is 13.3. The van der Waals surface area contributed by atoms with Crippen molar-refractivity contribution in [2.75, 3.05) is 5.73 Å². The first-order valence-electron chi connectivity index (χ1n) is 6.42. The summed E-state index contributed by atoms with van der Waals surface area (Å²) in [7, 11) is -3.68. The Kier molecular flexibility index (Phi) is 4.70. The van der Waals surface area contributed by atoms with E-state index < -0.39 is 16.1 Å². The molecule has 0 aliphatic carbocycles. The van der Waals surface area contributed by atoms with Crippen LogP contribution >= 0.6 is 15.9 Å². The molecule has 1 atom stereocenters. The molecule has 0 aliphatic rings. The fourth-order valence-corrected chi connectivity index (χ4v) is 4.01. The van der Waals surface area contributed by atoms with Crippen molar-refractivity contribution in [2.24, 2.45) is 0 Å². The third kappa shape index (κ3) is 3.45. The Labute approximate surface area is 132 Å². The van der Waals surface area contributed by atoms with Crippen LogP contribution in [0.15, 0.2) is 33.9 Å². The number of imidazole rings is 1. The molecule has 0 amide bonds. The van der Waals surface area contributed by atoms with E-state index in [0.29, 0.717) is 28.0 Å². The quantitative estimate of drug-likeness (QED) is 0.701. The van der Waals surface area contributed by atoms with E-state index in [1.165, 1.54) is 6.07 Å². The van der Waals surface area contributed by atoms with Gasteiger partial charge < -0.3 is 10.7 Å². The molecule has 1 unspecified atom stereocenters. The lowest BCUT2D eigenvalue weighted by molar-refractivity contribution is 0.539. The Balaban J connectivity index is 2.36. The highest BCUT2D eigenvalue weighted by Gasteiger charge is 2.24. The second kappa shape index (κ2) is 6.17. The number of nitrogens with one attached hydrogen (secondary N) is 2. The predicted octanol–water partition coefficient (Wildman–Crippen LogP) is 2.49. The highest BCUT2D eigenvalue weighted by Crippen LogP contribution is 2.27. The van der Waals surface area contributed by atoms with E-state index >= 15 is 0 Å². The van der Waals surface area contributed by atoms with E-state index in [1.54, 1.807) is 25.4 Å². The molecule has 1 aromatic carbocycles. The maximum atomic E-state index is 12.6. The summed E-state index contributed by atoms with van der Waals surface area (Å²) in [5, 5.41) is 0. The molecule has 0 radical (unpaired) electrons. The first-order valence-corrected chi connectivity index (χ1v) is 8.70. The molecule has 21 heavy (non-hydrogen) atoms. The molecular formula is C13H17BrN4O2S. The molecule has 0 fully saturated rings. The Morgan fingerprint density at radius 3 is 2.76 bits per heavy atom. The van der Waals surface area contributed by atoms with Crippen molar-refractivity contribution in [3.63, 3.8) is 0 Å². The minimum Gasteiger partial charge on any atom is -0.398 e. The van der Waals surface area contributed by atoms with Crippen LogP contribution in [0, 0.1) is 6.92 Å². The highest BCUT2D eigenvalue weighted by atomic mass is 79.9. The van der Waals surface area contributed by atoms with Gasteiger partial charge in [0.2, 0.25) is 10.0 Å². The number of nitrogen functional groups attached to an aromatic ring is 1. The maximum absolute atomic E-state index is 12.6. The number of rotatable bonds is 5. The molecule has 0 spiro atoms. The summed E-state index contributed by atoms with van der Waals surface area (Å²) in [5.74, 6) is 0.587. The Hall–Kier alpha value is -1.38. The molecule has 0 saturated carbocycles. The number of aryl methyl sites for hydroxylation is 1. The first-order chi connectivity index (χ1) is 9.85. The molecule has 2 rings (SSSR count). The maximum Gasteiger partial charge on any atom is 0.241 e. The highest BCUT2D eigenvalue weighted by molar-refractivity contribution is 9.10. The molecule has 114 valence electrons. The lowest BCUT2D eigenvalue weighted by Gasteiger charge is -2.17. The molecule has 2 aromatic rings. The van der Waals surface area contributed by atoms with Crippen LogP contribution in [0.4, 0.5) is 5.69 Å². The summed E-state index contributed by atoms with van der Waals surface area (Å²) < 4.78 is 28.4. The zero-order valence-corrected chi connectivity index (χ0v) is 14.1. The summed E-state index contributed by atoms with van der Waals surface area (Å²) in [4.78, 5) is 7.21. The molecule has 0 saturated heterocycles. The van der Waals surface area contributed by atoms with Crippen LogP contribution < -0.4 is 10.5 Å². The topological polar surface area (TPSA) is 101 Å². The van der Waals surface area contributed by atoms with Crippen LogP contribution in [0.5, 0.6) is 0 Å². The summed E-state index contributed by atoms with van der Waals surface area (Å²) in [6.45, 7) is 3.62. The van der Waals surface area contributed by atoms with Gasteiger partial charge in [-0.2, -0.15) is 0 Å². The van der Waals surface area contributed by atoms with Gasteiger partial charge in [0.05, 0.1) is 10.9 Å². The standard InChI is InChI=1S/C13H17BrN4O2S/c1-3-11(13-16-4-5-17-13)18-21(19,20)12-7-10(15)9(14)6-8(12)2/h4-7,11,18H,3,15H2,1-2H3,(H,16,17). The van der Waals surface area contributed by atoms with Crippen molar-refractivity contribution in [1.82, 2.24) is 14.7 Å². The van der Waals surface area contributed by atoms with Crippen molar-refractivity contribution in [2.45, 2.75) is 31.2 Å². The van der Waals surface area contributed by atoms with Gasteiger partial charge in [-0.25, -0.2) is 18.1 Å². The van der Waals surface area contributed by atoms with Gasteiger partial charge >= 0.3 is 0 Å². The van der Waals surface area contributed by atoms with E-state index in [-0.39, 0.29) is 4.90 Å². The number of sulfonamides is 1. The zero-order chi connectivity index (χ0) is 15.6. The zero-order valence-electron chi connectivity index (χ0n) is 11.7. The predicted molar refractivity (Wildman–Crippen MR) is 85.2 cm³/mol. The van der Waals surface area contributed by atoms with Crippen LogP contribution in [-0.4, -0.2) is 18.4 Å². The SMILES string of the molecule is CCC(NS(=O)(=O)c1cc(N)c(Br)cc1C)c1ncc[nH]1. The minimum atomic E-state index is -3.68. The second-order valence-electron chi connectivity index (χ2n) is 4.70. The number of benzene rings is 1. The third-order valence-corrected chi connectivity index (χ3v) is 5.44. The van der Waals surface area contributed by atoms with E-state index in [2.05, 4.69) is 30.6 Å². The van der Waals surface area contributed by atoms with Crippen LogP contribution in [0.25, 0.3) is 0 Å². The van der Waals surface area contributed by atoms with E-state index in [1.807, 2.05) is 6.92 Å². The number of aromatic amines is 1. The fourth-order valence-electron chi connectivity index (χ4n) is 2.01. The van der Waals surface area contributed by atoms with Crippen molar-refractivity contribution in [3.8, 4) is 0 Å². The van der Waals surface area contributed by atoms with Crippen molar-refractivity contribution >= 4 is 31.6 Å². The number of anilines is 1. The van der Waals surface area contributed by atoms with Crippen LogP contribution in [0.1, 0.15) is 30.8 Å². The molecular weight excluding hydrogens is 356 g/mol. The monoisotopic (exact) mass is 372 g/mol. The van der Waals surface area contributed by atoms with Crippen LogP contribution in [0.2, 0.25) is 0 Å². The van der Waals surface area contributed by atoms with E-state index in [0.717, 1.165) is 0 Å². The summed E-state index contributed by atoms with van der Waals surface area (Å²) in [6.07, 6.45) is 3.84. The average Bonchev–Trinajstić information content (AvgIpc) is 2.94. The lowest BCUT2D eigenvalue weighted by Crippen LogP contribution is -2.29. The molecule has 6 nitrogen and oxygen atoms in total. The average molecular weight is 373 g/mol. The van der Waals surface area contributed by atoms with Gasteiger partial charge in [0.1, 0.15) is 5.82 Å². The van der Waals surface area contributed by atoms with E-state index in [4.69, 9.17) is 5.73 Å². The van der Waals surface area contributed by atoms with Gasteiger partial charge in [-0.15, -0.1) is 0 Å². The molecule has 1 heterocycles. The Morgan fingerprint density at radius 2 is 2.19 bits per heavy atom. The molecule has 1 aromatic heterocycles. The van der Waals surface area contributed by atoms with Crippen molar-refractivity contribution in [1.29, 1.82) is 0 Å². The summed E-state index contributed by atoms with van der Waals surface area (Å²) in [5.41, 5.74) is 6.79. The van der Waals surface area contributed by atoms with Gasteiger partial charge in [-0.1, -0.05) is 6.92 Å². The van der Waals surface area contributed by atoms with Gasteiger partial charge in [0.15, 0.2) is 0 Å². The van der Waals surface area contributed by atoms with Crippen LogP contribution in [0.3, 0.4) is 0 Å². The fraction of sp³-hybridized carbons (Fsp3) is 0.308. The number of hydrogen-bond donors (Lipinski definition) is 3. The number of aromatic nitrogens is 2. The smallest absolute Gasteiger partial charge is 0.241 e. The molecule has 0 aliphatic heterocycles. The Bertz CT molecular complexity index is 729.